The zero-order valence-electron chi connectivity index (χ0n) is 9.09. The lowest BCUT2D eigenvalue weighted by molar-refractivity contribution is -1.09. The molecule has 0 unspecified atom stereocenters. The van der Waals surface area contributed by atoms with Crippen LogP contribution in [0, 0.1) is 10.4 Å². The van der Waals surface area contributed by atoms with E-state index in [2.05, 4.69) is 4.84 Å². The topological polar surface area (TPSA) is 123 Å². The smallest absolute Gasteiger partial charge is 0.386 e. The van der Waals surface area contributed by atoms with Crippen LogP contribution in [0.3, 0.4) is 0 Å². The van der Waals surface area contributed by atoms with Crippen LogP contribution in [-0.4, -0.2) is 54.2 Å². The molecule has 0 aromatic heterocycles. The number of piperazine rings is 1. The van der Waals surface area contributed by atoms with Crippen LogP contribution in [0.15, 0.2) is 0 Å². The first kappa shape index (κ1) is 13.3. The molecule has 0 bridgehead atoms. The number of hydroxylamine groups is 6. The van der Waals surface area contributed by atoms with Crippen LogP contribution in [0.1, 0.15) is 6.92 Å². The van der Waals surface area contributed by atoms with Gasteiger partial charge in [0.15, 0.2) is 13.1 Å². The van der Waals surface area contributed by atoms with Crippen molar-refractivity contribution in [1.82, 2.24) is 0 Å². The van der Waals surface area contributed by atoms with Gasteiger partial charge in [-0.3, -0.25) is 4.84 Å². The van der Waals surface area contributed by atoms with Gasteiger partial charge in [0.1, 0.15) is 19.1 Å². The Morgan fingerprint density at radius 2 is 2.06 bits per heavy atom. The molecule has 0 aromatic rings. The lowest BCUT2D eigenvalue weighted by Gasteiger charge is -2.43. The average molecular weight is 235 g/mol. The Morgan fingerprint density at radius 3 is 2.50 bits per heavy atom. The summed E-state index contributed by atoms with van der Waals surface area (Å²) in [5, 5.41) is 31.8. The van der Waals surface area contributed by atoms with Crippen molar-refractivity contribution in [3.05, 3.63) is 10.4 Å². The Bertz CT molecular complexity index is 252. The summed E-state index contributed by atoms with van der Waals surface area (Å²) < 4.78 is 0. The minimum Gasteiger partial charge on any atom is -0.634 e. The number of aliphatic hydroxyl groups is 1. The van der Waals surface area contributed by atoms with Gasteiger partial charge in [0.25, 0.3) is 0 Å². The Kier molecular flexibility index (Phi) is 4.19. The largest absolute Gasteiger partial charge is 0.634 e. The van der Waals surface area contributed by atoms with Crippen molar-refractivity contribution in [1.29, 1.82) is 0 Å². The summed E-state index contributed by atoms with van der Waals surface area (Å²) in [4.78, 5) is 14.8. The molecular formula is C8H17N3O5. The zero-order valence-corrected chi connectivity index (χ0v) is 9.09. The van der Waals surface area contributed by atoms with Gasteiger partial charge in [0, 0.05) is 0 Å². The van der Waals surface area contributed by atoms with Gasteiger partial charge in [-0.25, -0.2) is 4.79 Å². The van der Waals surface area contributed by atoms with E-state index in [1.165, 1.54) is 6.92 Å². The number of quaternary nitrogens is 2. The van der Waals surface area contributed by atoms with Gasteiger partial charge in [0.05, 0.1) is 6.10 Å². The molecule has 1 aliphatic heterocycles. The molecule has 1 fully saturated rings. The van der Waals surface area contributed by atoms with E-state index in [0.717, 1.165) is 0 Å². The van der Waals surface area contributed by atoms with Crippen LogP contribution >= 0.6 is 0 Å². The third-order valence-electron chi connectivity index (χ3n) is 2.51. The van der Waals surface area contributed by atoms with Crippen LogP contribution in [0.2, 0.25) is 0 Å². The molecule has 8 nitrogen and oxygen atoms in total. The fourth-order valence-electron chi connectivity index (χ4n) is 1.34. The number of rotatable bonds is 3. The van der Waals surface area contributed by atoms with E-state index < -0.39 is 22.9 Å². The lowest BCUT2D eigenvalue weighted by atomic mass is 10.2. The van der Waals surface area contributed by atoms with Crippen LogP contribution in [0.4, 0.5) is 0 Å². The van der Waals surface area contributed by atoms with E-state index >= 15 is 0 Å². The van der Waals surface area contributed by atoms with E-state index in [9.17, 15) is 15.2 Å². The third kappa shape index (κ3) is 3.37. The zero-order chi connectivity index (χ0) is 12.3. The molecule has 0 amide bonds. The van der Waals surface area contributed by atoms with E-state index in [0.29, 0.717) is 0 Å². The molecule has 8 heteroatoms. The van der Waals surface area contributed by atoms with Crippen molar-refractivity contribution in [3.8, 4) is 0 Å². The van der Waals surface area contributed by atoms with Crippen molar-refractivity contribution in [2.24, 2.45) is 5.73 Å². The normalized spacial score (nSPS) is 34.2. The molecule has 0 saturated carbocycles. The Balaban J connectivity index is 2.50. The summed E-state index contributed by atoms with van der Waals surface area (Å²) in [6, 6.07) is -1.23. The maximum absolute atomic E-state index is 11.8. The number of nitrogens with two attached hydrogens (primary N) is 1. The number of hydrogen-bond acceptors (Lipinski definition) is 6. The standard InChI is InChI=1S/C8H17N3O5/c1-6(12)7(9)8(13)16-11(15)4-2-10(14)3-5-11/h6-7,10,12H,2-5,9H2,1H3/t6-,7+/m1/s1. The van der Waals surface area contributed by atoms with Crippen LogP contribution in [0.25, 0.3) is 0 Å². The Morgan fingerprint density at radius 1 is 1.56 bits per heavy atom. The molecule has 1 saturated heterocycles. The molecule has 16 heavy (non-hydrogen) atoms. The molecule has 0 spiro atoms. The monoisotopic (exact) mass is 235 g/mol. The molecule has 1 heterocycles. The number of nitrogens with one attached hydrogen (secondary N) is 1. The molecule has 4 N–H and O–H groups in total. The highest BCUT2D eigenvalue weighted by molar-refractivity contribution is 5.75. The summed E-state index contributed by atoms with van der Waals surface area (Å²) in [6.07, 6.45) is -1.08. The Hall–Kier alpha value is -0.770. The second kappa shape index (κ2) is 5.04. The summed E-state index contributed by atoms with van der Waals surface area (Å²) in [5.74, 6) is -0.945. The van der Waals surface area contributed by atoms with Crippen molar-refractivity contribution in [3.63, 3.8) is 0 Å². The molecule has 2 atom stereocenters. The van der Waals surface area contributed by atoms with Gasteiger partial charge in [-0.1, -0.05) is 0 Å². The number of carbonyl (C=O) groups is 1. The van der Waals surface area contributed by atoms with Crippen LogP contribution < -0.4 is 10.8 Å². The average Bonchev–Trinajstić information content (AvgIpc) is 2.21. The second-order valence-corrected chi connectivity index (χ2v) is 3.98. The Labute approximate surface area is 92.9 Å². The van der Waals surface area contributed by atoms with Gasteiger partial charge in [0.2, 0.25) is 0 Å². The van der Waals surface area contributed by atoms with Gasteiger partial charge < -0.3 is 26.3 Å². The SMILES string of the molecule is C[C@@H](O)[C@H](N)C(=O)O[N+]1([O-])CC[NH+]([O-])CC1. The molecule has 1 rings (SSSR count). The first-order valence-corrected chi connectivity index (χ1v) is 5.11. The highest BCUT2D eigenvalue weighted by atomic mass is 16.9. The number of nitrogens with zero attached hydrogens (tertiary/aromatic N) is 1. The predicted molar refractivity (Wildman–Crippen MR) is 53.2 cm³/mol. The van der Waals surface area contributed by atoms with Crippen molar-refractivity contribution in [2.75, 3.05) is 26.2 Å². The van der Waals surface area contributed by atoms with E-state index in [4.69, 9.17) is 10.8 Å². The molecule has 0 aliphatic carbocycles. The van der Waals surface area contributed by atoms with E-state index in [1.54, 1.807) is 0 Å². The third-order valence-corrected chi connectivity index (χ3v) is 2.51. The minimum absolute atomic E-state index is 0.0135. The quantitative estimate of drug-likeness (QED) is 0.351. The molecule has 0 aromatic carbocycles. The van der Waals surface area contributed by atoms with E-state index in [1.807, 2.05) is 0 Å². The van der Waals surface area contributed by atoms with Crippen LogP contribution in [-0.2, 0) is 9.63 Å². The summed E-state index contributed by atoms with van der Waals surface area (Å²) in [7, 11) is 0. The maximum Gasteiger partial charge on any atom is 0.386 e. The molecule has 1 aliphatic rings. The molecule has 94 valence electrons. The first-order valence-electron chi connectivity index (χ1n) is 5.11. The lowest BCUT2D eigenvalue weighted by Crippen LogP contribution is -3.11. The highest BCUT2D eigenvalue weighted by Crippen LogP contribution is 2.08. The van der Waals surface area contributed by atoms with Gasteiger partial charge in [-0.05, 0) is 6.92 Å². The van der Waals surface area contributed by atoms with Crippen molar-refractivity contribution < 1.29 is 24.6 Å². The van der Waals surface area contributed by atoms with Gasteiger partial charge in [-0.15, -0.1) is 0 Å². The van der Waals surface area contributed by atoms with Gasteiger partial charge in [-0.2, -0.15) is 4.81 Å². The summed E-state index contributed by atoms with van der Waals surface area (Å²) in [5.41, 5.74) is 5.32. The maximum atomic E-state index is 11.8. The molecular weight excluding hydrogens is 218 g/mol. The summed E-state index contributed by atoms with van der Waals surface area (Å²) in [6.45, 7) is 1.36. The van der Waals surface area contributed by atoms with Crippen molar-refractivity contribution >= 4 is 5.97 Å². The van der Waals surface area contributed by atoms with Gasteiger partial charge >= 0.3 is 5.97 Å². The predicted octanol–water partition coefficient (Wildman–Crippen LogP) is -3.14. The van der Waals surface area contributed by atoms with Crippen LogP contribution in [0.5, 0.6) is 0 Å². The number of aliphatic hydroxyl groups excluding tert-OH is 1. The van der Waals surface area contributed by atoms with Crippen molar-refractivity contribution in [2.45, 2.75) is 19.1 Å². The second-order valence-electron chi connectivity index (χ2n) is 3.98. The molecule has 0 radical (unpaired) electrons. The number of carbonyl (C=O) groups excluding carboxylic acids is 1. The van der Waals surface area contributed by atoms with E-state index in [-0.39, 0.29) is 31.2 Å². The minimum atomic E-state index is -1.23. The fraction of sp³-hybridized carbons (Fsp3) is 0.875. The number of hydrogen-bond donors (Lipinski definition) is 3. The highest BCUT2D eigenvalue weighted by Gasteiger charge is 2.33. The summed E-state index contributed by atoms with van der Waals surface area (Å²) >= 11 is 0. The fourth-order valence-corrected chi connectivity index (χ4v) is 1.34. The first-order chi connectivity index (χ1) is 7.34.